The van der Waals surface area contributed by atoms with Crippen LogP contribution in [0.4, 0.5) is 0 Å². The molecule has 2 atom stereocenters. The van der Waals surface area contributed by atoms with Crippen LogP contribution < -0.4 is 5.73 Å². The van der Waals surface area contributed by atoms with E-state index in [0.29, 0.717) is 5.25 Å². The minimum absolute atomic E-state index is 0.178. The van der Waals surface area contributed by atoms with Crippen molar-refractivity contribution in [1.29, 1.82) is 0 Å². The predicted octanol–water partition coefficient (Wildman–Crippen LogP) is 4.65. The number of nitrogens with two attached hydrogens (primary N) is 1. The first-order chi connectivity index (χ1) is 8.66. The zero-order valence-electron chi connectivity index (χ0n) is 10.9. The van der Waals surface area contributed by atoms with E-state index < -0.39 is 0 Å². The highest BCUT2D eigenvalue weighted by atomic mass is 35.5. The van der Waals surface area contributed by atoms with E-state index in [1.54, 1.807) is 0 Å². The number of benzene rings is 1. The van der Waals surface area contributed by atoms with Crippen molar-refractivity contribution < 1.29 is 0 Å². The Bertz CT molecular complexity index is 357. The Hall–Kier alpha value is -0.180. The van der Waals surface area contributed by atoms with Crippen LogP contribution in [0.2, 0.25) is 5.02 Å². The van der Waals surface area contributed by atoms with Gasteiger partial charge in [0.05, 0.1) is 0 Å². The van der Waals surface area contributed by atoms with Crippen LogP contribution in [-0.2, 0) is 0 Å². The summed E-state index contributed by atoms with van der Waals surface area (Å²) in [6, 6.07) is 8.32. The summed E-state index contributed by atoms with van der Waals surface area (Å²) < 4.78 is 0. The van der Waals surface area contributed by atoms with Crippen LogP contribution in [-0.4, -0.2) is 11.8 Å². The minimum Gasteiger partial charge on any atom is -0.327 e. The maximum atomic E-state index is 6.14. The Morgan fingerprint density at radius 1 is 1.28 bits per heavy atom. The Labute approximate surface area is 119 Å². The molecule has 0 aliphatic heterocycles. The topological polar surface area (TPSA) is 26.0 Å². The van der Waals surface area contributed by atoms with Crippen LogP contribution in [0, 0.1) is 5.92 Å². The average molecular weight is 284 g/mol. The first-order valence-electron chi connectivity index (χ1n) is 6.79. The molecule has 0 radical (unpaired) electrons. The molecule has 0 amide bonds. The predicted molar refractivity (Wildman–Crippen MR) is 82.3 cm³/mol. The summed E-state index contributed by atoms with van der Waals surface area (Å²) in [6.07, 6.45) is 5.63. The molecule has 0 saturated heterocycles. The molecule has 2 rings (SSSR count). The fraction of sp³-hybridized carbons (Fsp3) is 0.600. The van der Waals surface area contributed by atoms with Crippen molar-refractivity contribution in [2.75, 3.05) is 5.75 Å². The summed E-state index contributed by atoms with van der Waals surface area (Å²) >= 11 is 7.96. The van der Waals surface area contributed by atoms with Gasteiger partial charge in [-0.3, -0.25) is 0 Å². The molecule has 1 aromatic rings. The zero-order chi connectivity index (χ0) is 13.0. The zero-order valence-corrected chi connectivity index (χ0v) is 12.5. The van der Waals surface area contributed by atoms with E-state index in [1.165, 1.54) is 37.0 Å². The molecule has 1 nitrogen and oxygen atoms in total. The van der Waals surface area contributed by atoms with Crippen molar-refractivity contribution in [3.63, 3.8) is 0 Å². The number of halogens is 1. The Morgan fingerprint density at radius 2 is 1.89 bits per heavy atom. The molecule has 1 aromatic carbocycles. The molecule has 1 fully saturated rings. The van der Waals surface area contributed by atoms with E-state index in [2.05, 4.69) is 19.1 Å². The fourth-order valence-corrected chi connectivity index (χ4v) is 4.21. The van der Waals surface area contributed by atoms with Crippen molar-refractivity contribution in [3.05, 3.63) is 34.9 Å². The standard InChI is InChI=1S/C15H22ClNS/c1-11(17)15(13-6-8-14(16)9-7-13)18-10-12-4-2-3-5-12/h6-9,11-12,15H,2-5,10,17H2,1H3. The van der Waals surface area contributed by atoms with E-state index in [-0.39, 0.29) is 6.04 Å². The van der Waals surface area contributed by atoms with E-state index >= 15 is 0 Å². The van der Waals surface area contributed by atoms with Crippen molar-refractivity contribution in [2.45, 2.75) is 43.9 Å². The van der Waals surface area contributed by atoms with Crippen molar-refractivity contribution in [3.8, 4) is 0 Å². The molecule has 0 aromatic heterocycles. The second-order valence-corrected chi connectivity index (χ2v) is 6.93. The first kappa shape index (κ1) is 14.2. The minimum atomic E-state index is 0.178. The average Bonchev–Trinajstić information content (AvgIpc) is 2.84. The molecular formula is C15H22ClNS. The van der Waals surface area contributed by atoms with Gasteiger partial charge in [-0.05, 0) is 49.1 Å². The first-order valence-corrected chi connectivity index (χ1v) is 8.22. The fourth-order valence-electron chi connectivity index (χ4n) is 2.62. The van der Waals surface area contributed by atoms with Gasteiger partial charge in [0, 0.05) is 16.3 Å². The molecule has 0 spiro atoms. The van der Waals surface area contributed by atoms with Crippen LogP contribution >= 0.6 is 23.4 Å². The maximum Gasteiger partial charge on any atom is 0.0445 e. The van der Waals surface area contributed by atoms with Gasteiger partial charge in [-0.15, -0.1) is 0 Å². The summed E-state index contributed by atoms with van der Waals surface area (Å²) in [5, 5.41) is 1.19. The summed E-state index contributed by atoms with van der Waals surface area (Å²) in [6.45, 7) is 2.10. The van der Waals surface area contributed by atoms with Gasteiger partial charge < -0.3 is 5.73 Å². The summed E-state index contributed by atoms with van der Waals surface area (Å²) in [5.41, 5.74) is 7.44. The summed E-state index contributed by atoms with van der Waals surface area (Å²) in [4.78, 5) is 0. The molecular weight excluding hydrogens is 262 g/mol. The lowest BCUT2D eigenvalue weighted by atomic mass is 10.1. The second-order valence-electron chi connectivity index (χ2n) is 5.32. The molecule has 0 heterocycles. The van der Waals surface area contributed by atoms with Gasteiger partial charge in [0.25, 0.3) is 0 Å². The highest BCUT2D eigenvalue weighted by Gasteiger charge is 2.21. The van der Waals surface area contributed by atoms with E-state index in [1.807, 2.05) is 23.9 Å². The van der Waals surface area contributed by atoms with Crippen LogP contribution in [0.3, 0.4) is 0 Å². The van der Waals surface area contributed by atoms with Crippen LogP contribution in [0.25, 0.3) is 0 Å². The molecule has 2 N–H and O–H groups in total. The highest BCUT2D eigenvalue weighted by Crippen LogP contribution is 2.36. The monoisotopic (exact) mass is 283 g/mol. The Kier molecular flexibility index (Phi) is 5.40. The van der Waals surface area contributed by atoms with Crippen LogP contribution in [0.15, 0.2) is 24.3 Å². The molecule has 1 aliphatic carbocycles. The van der Waals surface area contributed by atoms with Gasteiger partial charge in [-0.1, -0.05) is 36.6 Å². The third-order valence-corrected chi connectivity index (χ3v) is 5.64. The van der Waals surface area contributed by atoms with Crippen LogP contribution in [0.5, 0.6) is 0 Å². The number of rotatable bonds is 5. The molecule has 1 aliphatic rings. The van der Waals surface area contributed by atoms with E-state index in [9.17, 15) is 0 Å². The van der Waals surface area contributed by atoms with Gasteiger partial charge >= 0.3 is 0 Å². The van der Waals surface area contributed by atoms with Gasteiger partial charge in [-0.25, -0.2) is 0 Å². The summed E-state index contributed by atoms with van der Waals surface area (Å²) in [5.74, 6) is 2.15. The van der Waals surface area contributed by atoms with Crippen LogP contribution in [0.1, 0.15) is 43.4 Å². The van der Waals surface area contributed by atoms with Gasteiger partial charge in [-0.2, -0.15) is 11.8 Å². The lowest BCUT2D eigenvalue weighted by molar-refractivity contribution is 0.618. The molecule has 0 bridgehead atoms. The van der Waals surface area contributed by atoms with Crippen molar-refractivity contribution in [2.24, 2.45) is 11.7 Å². The lowest BCUT2D eigenvalue weighted by Crippen LogP contribution is -2.23. The molecule has 2 unspecified atom stereocenters. The Morgan fingerprint density at radius 3 is 2.44 bits per heavy atom. The number of hydrogen-bond acceptors (Lipinski definition) is 2. The summed E-state index contributed by atoms with van der Waals surface area (Å²) in [7, 11) is 0. The Balaban J connectivity index is 1.96. The lowest BCUT2D eigenvalue weighted by Gasteiger charge is -2.22. The number of hydrogen-bond donors (Lipinski definition) is 1. The SMILES string of the molecule is CC(N)C(SCC1CCCC1)c1ccc(Cl)cc1. The molecule has 1 saturated carbocycles. The van der Waals surface area contributed by atoms with Gasteiger partial charge in [0.1, 0.15) is 0 Å². The van der Waals surface area contributed by atoms with E-state index in [4.69, 9.17) is 17.3 Å². The third-order valence-electron chi connectivity index (χ3n) is 3.66. The normalized spacial score (nSPS) is 19.9. The van der Waals surface area contributed by atoms with Crippen molar-refractivity contribution >= 4 is 23.4 Å². The van der Waals surface area contributed by atoms with Gasteiger partial charge in [0.2, 0.25) is 0 Å². The quantitative estimate of drug-likeness (QED) is 0.851. The molecule has 18 heavy (non-hydrogen) atoms. The van der Waals surface area contributed by atoms with Gasteiger partial charge in [0.15, 0.2) is 0 Å². The van der Waals surface area contributed by atoms with E-state index in [0.717, 1.165) is 10.9 Å². The second kappa shape index (κ2) is 6.83. The number of thioether (sulfide) groups is 1. The maximum absolute atomic E-state index is 6.14. The van der Waals surface area contributed by atoms with Crippen molar-refractivity contribution in [1.82, 2.24) is 0 Å². The molecule has 100 valence electrons. The molecule has 3 heteroatoms. The largest absolute Gasteiger partial charge is 0.327 e. The smallest absolute Gasteiger partial charge is 0.0445 e. The highest BCUT2D eigenvalue weighted by molar-refractivity contribution is 7.99. The third kappa shape index (κ3) is 3.91.